The molecule has 112 valence electrons. The fourth-order valence-electron chi connectivity index (χ4n) is 1.63. The van der Waals surface area contributed by atoms with Gasteiger partial charge in [-0.1, -0.05) is 11.3 Å². The zero-order valence-electron chi connectivity index (χ0n) is 11.3. The van der Waals surface area contributed by atoms with Gasteiger partial charge in [-0.15, -0.1) is 10.2 Å². The highest BCUT2D eigenvalue weighted by Gasteiger charge is 2.19. The number of aryl methyl sites for hydroxylation is 1. The maximum Gasteiger partial charge on any atom is 0.337 e. The molecule has 1 aromatic heterocycles. The highest BCUT2D eigenvalue weighted by atomic mass is 32.2. The third-order valence-electron chi connectivity index (χ3n) is 2.71. The molecule has 1 heterocycles. The Labute approximate surface area is 120 Å². The van der Waals surface area contributed by atoms with E-state index in [9.17, 15) is 13.2 Å². The number of H-pyrrole nitrogens is 1. The first-order valence-electron chi connectivity index (χ1n) is 5.85. The van der Waals surface area contributed by atoms with Crippen LogP contribution in [0.4, 0.5) is 0 Å². The number of methoxy groups -OCH3 is 1. The fourth-order valence-corrected chi connectivity index (χ4v) is 2.88. The van der Waals surface area contributed by atoms with Gasteiger partial charge in [0.25, 0.3) is 0 Å². The number of carbonyl (C=O) groups is 1. The maximum atomic E-state index is 12.3. The SMILES string of the molecule is COC(=O)c1ccc(C)c(S(=O)(=O)NCc2nn[nH]n2)c1. The first-order valence-corrected chi connectivity index (χ1v) is 7.33. The Hall–Kier alpha value is -2.33. The minimum absolute atomic E-state index is 0.00565. The Bertz CT molecular complexity index is 742. The van der Waals surface area contributed by atoms with E-state index in [-0.39, 0.29) is 22.8 Å². The topological polar surface area (TPSA) is 127 Å². The lowest BCUT2D eigenvalue weighted by Gasteiger charge is -2.09. The number of esters is 1. The van der Waals surface area contributed by atoms with Gasteiger partial charge < -0.3 is 4.74 Å². The minimum Gasteiger partial charge on any atom is -0.465 e. The van der Waals surface area contributed by atoms with Crippen LogP contribution in [0.15, 0.2) is 23.1 Å². The monoisotopic (exact) mass is 311 g/mol. The van der Waals surface area contributed by atoms with Crippen LogP contribution in [0, 0.1) is 6.92 Å². The molecule has 1 aromatic carbocycles. The number of aromatic amines is 1. The van der Waals surface area contributed by atoms with Crippen LogP contribution in [-0.2, 0) is 21.3 Å². The molecule has 0 saturated carbocycles. The normalized spacial score (nSPS) is 11.3. The van der Waals surface area contributed by atoms with Gasteiger partial charge in [-0.25, -0.2) is 17.9 Å². The van der Waals surface area contributed by atoms with Crippen LogP contribution in [0.25, 0.3) is 0 Å². The minimum atomic E-state index is -3.81. The van der Waals surface area contributed by atoms with Gasteiger partial charge in [0.1, 0.15) is 0 Å². The molecule has 10 heteroatoms. The molecule has 0 amide bonds. The van der Waals surface area contributed by atoms with Crippen LogP contribution in [0.2, 0.25) is 0 Å². The Morgan fingerprint density at radius 3 is 2.81 bits per heavy atom. The van der Waals surface area contributed by atoms with Crippen LogP contribution in [0.5, 0.6) is 0 Å². The van der Waals surface area contributed by atoms with E-state index in [2.05, 4.69) is 30.1 Å². The number of carbonyl (C=O) groups excluding carboxylic acids is 1. The molecule has 0 aliphatic carbocycles. The Morgan fingerprint density at radius 1 is 1.43 bits per heavy atom. The zero-order chi connectivity index (χ0) is 15.5. The Kier molecular flexibility index (Phi) is 4.29. The lowest BCUT2D eigenvalue weighted by Crippen LogP contribution is -2.25. The predicted octanol–water partition coefficient (Wildman–Crippen LogP) is -0.227. The average Bonchev–Trinajstić information content (AvgIpc) is 2.98. The lowest BCUT2D eigenvalue weighted by atomic mass is 10.1. The van der Waals surface area contributed by atoms with Crippen molar-refractivity contribution in [3.8, 4) is 0 Å². The molecule has 0 aliphatic rings. The summed E-state index contributed by atoms with van der Waals surface area (Å²) in [5.41, 5.74) is 0.659. The first kappa shape index (κ1) is 15.1. The van der Waals surface area contributed by atoms with Gasteiger partial charge in [-0.05, 0) is 24.6 Å². The maximum absolute atomic E-state index is 12.3. The Balaban J connectivity index is 2.28. The number of sulfonamides is 1. The molecular formula is C11H13N5O4S. The van der Waals surface area contributed by atoms with Crippen molar-refractivity contribution in [3.63, 3.8) is 0 Å². The van der Waals surface area contributed by atoms with Crippen LogP contribution >= 0.6 is 0 Å². The van der Waals surface area contributed by atoms with Crippen molar-refractivity contribution in [1.82, 2.24) is 25.3 Å². The summed E-state index contributed by atoms with van der Waals surface area (Å²) in [7, 11) is -2.58. The van der Waals surface area contributed by atoms with Crippen LogP contribution in [0.3, 0.4) is 0 Å². The molecular weight excluding hydrogens is 298 g/mol. The third kappa shape index (κ3) is 3.41. The summed E-state index contributed by atoms with van der Waals surface area (Å²) in [6, 6.07) is 4.30. The molecule has 0 saturated heterocycles. The highest BCUT2D eigenvalue weighted by Crippen LogP contribution is 2.17. The van der Waals surface area contributed by atoms with Crippen LogP contribution in [0.1, 0.15) is 21.7 Å². The van der Waals surface area contributed by atoms with E-state index in [0.29, 0.717) is 5.56 Å². The van der Waals surface area contributed by atoms with Crippen LogP contribution < -0.4 is 4.72 Å². The van der Waals surface area contributed by atoms with E-state index >= 15 is 0 Å². The second-order valence-corrected chi connectivity index (χ2v) is 5.86. The molecule has 21 heavy (non-hydrogen) atoms. The van der Waals surface area contributed by atoms with Gasteiger partial charge in [0.15, 0.2) is 5.82 Å². The van der Waals surface area contributed by atoms with Gasteiger partial charge in [-0.3, -0.25) is 0 Å². The molecule has 0 aliphatic heterocycles. The molecule has 2 rings (SSSR count). The van der Waals surface area contributed by atoms with Crippen molar-refractivity contribution in [2.45, 2.75) is 18.4 Å². The van der Waals surface area contributed by atoms with E-state index in [1.54, 1.807) is 6.92 Å². The van der Waals surface area contributed by atoms with Crippen molar-refractivity contribution in [2.24, 2.45) is 0 Å². The molecule has 0 radical (unpaired) electrons. The van der Waals surface area contributed by atoms with E-state index < -0.39 is 16.0 Å². The second kappa shape index (κ2) is 5.97. The van der Waals surface area contributed by atoms with Gasteiger partial charge in [-0.2, -0.15) is 5.21 Å². The Morgan fingerprint density at radius 2 is 2.19 bits per heavy atom. The van der Waals surface area contributed by atoms with Gasteiger partial charge in [0.2, 0.25) is 10.0 Å². The summed E-state index contributed by atoms with van der Waals surface area (Å²) in [6.07, 6.45) is 0. The first-order chi connectivity index (χ1) is 9.94. The number of nitrogens with one attached hydrogen (secondary N) is 2. The van der Waals surface area contributed by atoms with E-state index in [1.807, 2.05) is 0 Å². The molecule has 0 unspecified atom stereocenters. The smallest absolute Gasteiger partial charge is 0.337 e. The third-order valence-corrected chi connectivity index (χ3v) is 4.25. The predicted molar refractivity (Wildman–Crippen MR) is 70.7 cm³/mol. The van der Waals surface area contributed by atoms with Crippen molar-refractivity contribution in [2.75, 3.05) is 7.11 Å². The summed E-state index contributed by atoms with van der Waals surface area (Å²) < 4.78 is 31.4. The quantitative estimate of drug-likeness (QED) is 0.730. The van der Waals surface area contributed by atoms with Crippen LogP contribution in [-0.4, -0.2) is 42.1 Å². The van der Waals surface area contributed by atoms with Gasteiger partial charge in [0.05, 0.1) is 24.1 Å². The molecule has 0 fully saturated rings. The second-order valence-electron chi connectivity index (χ2n) is 4.12. The lowest BCUT2D eigenvalue weighted by molar-refractivity contribution is 0.0600. The van der Waals surface area contributed by atoms with Crippen molar-refractivity contribution in [1.29, 1.82) is 0 Å². The summed E-state index contributed by atoms with van der Waals surface area (Å²) in [5, 5.41) is 12.8. The number of hydrogen-bond donors (Lipinski definition) is 2. The number of nitrogens with zero attached hydrogens (tertiary/aromatic N) is 3. The van der Waals surface area contributed by atoms with Crippen molar-refractivity contribution < 1.29 is 17.9 Å². The number of hydrogen-bond acceptors (Lipinski definition) is 7. The van der Waals surface area contributed by atoms with Gasteiger partial charge in [0, 0.05) is 0 Å². The summed E-state index contributed by atoms with van der Waals surface area (Å²) >= 11 is 0. The number of rotatable bonds is 5. The molecule has 9 nitrogen and oxygen atoms in total. The van der Waals surface area contributed by atoms with Gasteiger partial charge >= 0.3 is 5.97 Å². The number of aromatic nitrogens is 4. The van der Waals surface area contributed by atoms with Crippen molar-refractivity contribution in [3.05, 3.63) is 35.2 Å². The molecule has 2 N–H and O–H groups in total. The van der Waals surface area contributed by atoms with Crippen molar-refractivity contribution >= 4 is 16.0 Å². The number of ether oxygens (including phenoxy) is 1. The average molecular weight is 311 g/mol. The molecule has 0 spiro atoms. The molecule has 0 bridgehead atoms. The number of tetrazole rings is 1. The van der Waals surface area contributed by atoms with E-state index in [4.69, 9.17) is 0 Å². The summed E-state index contributed by atoms with van der Waals surface area (Å²) in [4.78, 5) is 11.5. The molecule has 0 atom stereocenters. The fraction of sp³-hybridized carbons (Fsp3) is 0.273. The summed E-state index contributed by atoms with van der Waals surface area (Å²) in [6.45, 7) is 1.52. The highest BCUT2D eigenvalue weighted by molar-refractivity contribution is 7.89. The van der Waals surface area contributed by atoms with E-state index in [1.165, 1.54) is 25.3 Å². The zero-order valence-corrected chi connectivity index (χ0v) is 12.1. The summed E-state index contributed by atoms with van der Waals surface area (Å²) in [5.74, 6) is -0.398. The largest absolute Gasteiger partial charge is 0.465 e. The number of benzene rings is 1. The standard InChI is InChI=1S/C11H13N5O4S/c1-7-3-4-8(11(17)20-2)5-9(7)21(18,19)12-6-10-13-15-16-14-10/h3-5,12H,6H2,1-2H3,(H,13,14,15,16). The van der Waals surface area contributed by atoms with E-state index in [0.717, 1.165) is 0 Å². The molecule has 2 aromatic rings.